The number of rotatable bonds is 4. The van der Waals surface area contributed by atoms with Gasteiger partial charge in [0.25, 0.3) is 5.91 Å². The fraction of sp³-hybridized carbons (Fsp3) is 0.556. The Morgan fingerprint density at radius 1 is 1.27 bits per heavy atom. The Hall–Kier alpha value is -1.41. The zero-order chi connectivity index (χ0) is 17.9. The van der Waals surface area contributed by atoms with Crippen molar-refractivity contribution in [1.82, 2.24) is 24.9 Å². The number of carbonyl (C=O) groups is 1. The second-order valence-corrected chi connectivity index (χ2v) is 8.75. The van der Waals surface area contributed by atoms with Gasteiger partial charge in [0.2, 0.25) is 0 Å². The van der Waals surface area contributed by atoms with Gasteiger partial charge in [-0.05, 0) is 37.6 Å². The summed E-state index contributed by atoms with van der Waals surface area (Å²) < 4.78 is 2.79. The van der Waals surface area contributed by atoms with Gasteiger partial charge in [-0.3, -0.25) is 14.4 Å². The van der Waals surface area contributed by atoms with E-state index in [0.29, 0.717) is 11.7 Å². The minimum absolute atomic E-state index is 0.0475. The third-order valence-electron chi connectivity index (χ3n) is 5.14. The fourth-order valence-electron chi connectivity index (χ4n) is 3.64. The summed E-state index contributed by atoms with van der Waals surface area (Å²) in [6, 6.07) is 6.24. The molecule has 2 fully saturated rings. The standard InChI is InChI=1S/C18H24ClN5OS/c19-17-4-3-15(26-17)13-22-8-10-23(11-9-22)18(25)16-5-7-24(21-16)14-2-1-6-20-12-14/h3-5,7,14,20H,1-2,6,8-13H2. The maximum atomic E-state index is 12.8. The van der Waals surface area contributed by atoms with Crippen molar-refractivity contribution in [2.75, 3.05) is 39.3 Å². The highest BCUT2D eigenvalue weighted by Crippen LogP contribution is 2.23. The highest BCUT2D eigenvalue weighted by Gasteiger charge is 2.25. The molecule has 1 atom stereocenters. The molecule has 2 aliphatic heterocycles. The van der Waals surface area contributed by atoms with Gasteiger partial charge in [-0.1, -0.05) is 11.6 Å². The summed E-state index contributed by atoms with van der Waals surface area (Å²) in [6.07, 6.45) is 4.22. The van der Waals surface area contributed by atoms with Crippen LogP contribution in [0.2, 0.25) is 4.34 Å². The van der Waals surface area contributed by atoms with Crippen LogP contribution in [0.15, 0.2) is 24.4 Å². The Bertz CT molecular complexity index is 746. The first kappa shape index (κ1) is 18.0. The summed E-state index contributed by atoms with van der Waals surface area (Å²) >= 11 is 7.63. The van der Waals surface area contributed by atoms with Crippen molar-refractivity contribution >= 4 is 28.8 Å². The van der Waals surface area contributed by atoms with Crippen LogP contribution < -0.4 is 5.32 Å². The number of nitrogens with zero attached hydrogens (tertiary/aromatic N) is 4. The minimum Gasteiger partial charge on any atom is -0.335 e. The predicted octanol–water partition coefficient (Wildman–Crippen LogP) is 2.48. The SMILES string of the molecule is O=C(c1ccn(C2CCCNC2)n1)N1CCN(Cc2ccc(Cl)s2)CC1. The van der Waals surface area contributed by atoms with Crippen molar-refractivity contribution in [3.05, 3.63) is 39.3 Å². The molecule has 0 aromatic carbocycles. The summed E-state index contributed by atoms with van der Waals surface area (Å²) in [5, 5.41) is 7.95. The van der Waals surface area contributed by atoms with Crippen molar-refractivity contribution in [1.29, 1.82) is 0 Å². The smallest absolute Gasteiger partial charge is 0.274 e. The van der Waals surface area contributed by atoms with E-state index in [4.69, 9.17) is 11.6 Å². The molecule has 4 rings (SSSR count). The maximum Gasteiger partial charge on any atom is 0.274 e. The Balaban J connectivity index is 1.31. The van der Waals surface area contributed by atoms with Gasteiger partial charge in [-0.15, -0.1) is 11.3 Å². The van der Waals surface area contributed by atoms with E-state index in [1.54, 1.807) is 11.3 Å². The lowest BCUT2D eigenvalue weighted by Crippen LogP contribution is -2.48. The number of aromatic nitrogens is 2. The van der Waals surface area contributed by atoms with Crippen LogP contribution in [0.25, 0.3) is 0 Å². The Labute approximate surface area is 162 Å². The molecule has 1 unspecified atom stereocenters. The van der Waals surface area contributed by atoms with Crippen LogP contribution in [0.4, 0.5) is 0 Å². The first-order chi connectivity index (χ1) is 12.7. The molecular formula is C18H24ClN5OS. The van der Waals surface area contributed by atoms with E-state index in [0.717, 1.165) is 63.0 Å². The Morgan fingerprint density at radius 2 is 2.12 bits per heavy atom. The van der Waals surface area contributed by atoms with Gasteiger partial charge in [0.05, 0.1) is 10.4 Å². The van der Waals surface area contributed by atoms with E-state index in [-0.39, 0.29) is 5.91 Å². The molecule has 0 saturated carbocycles. The van der Waals surface area contributed by atoms with Gasteiger partial charge in [0.1, 0.15) is 5.69 Å². The van der Waals surface area contributed by atoms with E-state index >= 15 is 0 Å². The number of halogens is 1. The lowest BCUT2D eigenvalue weighted by atomic mass is 10.1. The Morgan fingerprint density at radius 3 is 2.81 bits per heavy atom. The van der Waals surface area contributed by atoms with Crippen molar-refractivity contribution < 1.29 is 4.79 Å². The lowest BCUT2D eigenvalue weighted by molar-refractivity contribution is 0.0622. The van der Waals surface area contributed by atoms with Gasteiger partial charge in [0.15, 0.2) is 0 Å². The molecule has 0 radical (unpaired) electrons. The number of thiophene rings is 1. The van der Waals surface area contributed by atoms with E-state index in [2.05, 4.69) is 21.4 Å². The van der Waals surface area contributed by atoms with Crippen molar-refractivity contribution in [2.24, 2.45) is 0 Å². The molecule has 1 N–H and O–H groups in total. The molecular weight excluding hydrogens is 370 g/mol. The van der Waals surface area contributed by atoms with Gasteiger partial charge < -0.3 is 10.2 Å². The second kappa shape index (κ2) is 8.08. The molecule has 4 heterocycles. The van der Waals surface area contributed by atoms with E-state index in [1.165, 1.54) is 4.88 Å². The third-order valence-corrected chi connectivity index (χ3v) is 6.36. The molecule has 0 bridgehead atoms. The molecule has 2 aromatic rings. The van der Waals surface area contributed by atoms with Crippen LogP contribution in [0, 0.1) is 0 Å². The monoisotopic (exact) mass is 393 g/mol. The summed E-state index contributed by atoms with van der Waals surface area (Å²) in [5.74, 6) is 0.0475. The number of hydrogen-bond acceptors (Lipinski definition) is 5. The number of amides is 1. The molecule has 1 amide bonds. The van der Waals surface area contributed by atoms with Crippen LogP contribution in [0.1, 0.15) is 34.2 Å². The molecule has 2 aromatic heterocycles. The Kier molecular flexibility index (Phi) is 5.59. The van der Waals surface area contributed by atoms with Gasteiger partial charge in [-0.25, -0.2) is 0 Å². The fourth-order valence-corrected chi connectivity index (χ4v) is 4.77. The van der Waals surface area contributed by atoms with E-state index < -0.39 is 0 Å². The van der Waals surface area contributed by atoms with E-state index in [9.17, 15) is 4.79 Å². The number of piperidine rings is 1. The highest BCUT2D eigenvalue weighted by atomic mass is 35.5. The van der Waals surface area contributed by atoms with Crippen LogP contribution in [0.3, 0.4) is 0 Å². The summed E-state index contributed by atoms with van der Waals surface area (Å²) in [5.41, 5.74) is 0.564. The maximum absolute atomic E-state index is 12.8. The predicted molar refractivity (Wildman–Crippen MR) is 104 cm³/mol. The third kappa shape index (κ3) is 4.11. The van der Waals surface area contributed by atoms with Gasteiger partial charge in [0, 0.05) is 50.3 Å². The quantitative estimate of drug-likeness (QED) is 0.867. The van der Waals surface area contributed by atoms with Crippen LogP contribution in [-0.2, 0) is 6.54 Å². The number of nitrogens with one attached hydrogen (secondary N) is 1. The summed E-state index contributed by atoms with van der Waals surface area (Å²) in [6.45, 7) is 6.17. The first-order valence-electron chi connectivity index (χ1n) is 9.21. The zero-order valence-corrected chi connectivity index (χ0v) is 16.3. The average molecular weight is 394 g/mol. The van der Waals surface area contributed by atoms with Crippen molar-refractivity contribution in [3.8, 4) is 0 Å². The molecule has 0 spiro atoms. The zero-order valence-electron chi connectivity index (χ0n) is 14.7. The summed E-state index contributed by atoms with van der Waals surface area (Å²) in [4.78, 5) is 18.3. The second-order valence-electron chi connectivity index (χ2n) is 6.96. The number of carbonyl (C=O) groups excluding carboxylic acids is 1. The number of piperazine rings is 1. The van der Waals surface area contributed by atoms with Crippen molar-refractivity contribution in [2.45, 2.75) is 25.4 Å². The lowest BCUT2D eigenvalue weighted by Gasteiger charge is -2.34. The molecule has 26 heavy (non-hydrogen) atoms. The normalized spacial score (nSPS) is 21.9. The van der Waals surface area contributed by atoms with Crippen LogP contribution in [0.5, 0.6) is 0 Å². The minimum atomic E-state index is 0.0475. The van der Waals surface area contributed by atoms with Crippen LogP contribution in [-0.4, -0.2) is 64.8 Å². The highest BCUT2D eigenvalue weighted by molar-refractivity contribution is 7.16. The molecule has 8 heteroatoms. The van der Waals surface area contributed by atoms with E-state index in [1.807, 2.05) is 27.9 Å². The van der Waals surface area contributed by atoms with Crippen molar-refractivity contribution in [3.63, 3.8) is 0 Å². The molecule has 140 valence electrons. The number of hydrogen-bond donors (Lipinski definition) is 1. The topological polar surface area (TPSA) is 53.4 Å². The first-order valence-corrected chi connectivity index (χ1v) is 10.4. The molecule has 2 saturated heterocycles. The van der Waals surface area contributed by atoms with Gasteiger partial charge >= 0.3 is 0 Å². The summed E-state index contributed by atoms with van der Waals surface area (Å²) in [7, 11) is 0. The largest absolute Gasteiger partial charge is 0.335 e. The molecule has 6 nitrogen and oxygen atoms in total. The van der Waals surface area contributed by atoms with Gasteiger partial charge in [-0.2, -0.15) is 5.10 Å². The average Bonchev–Trinajstić information content (AvgIpc) is 3.32. The van der Waals surface area contributed by atoms with Crippen LogP contribution >= 0.6 is 22.9 Å². The molecule has 2 aliphatic rings. The molecule has 0 aliphatic carbocycles.